The fourth-order valence-corrected chi connectivity index (χ4v) is 2.87. The average Bonchev–Trinajstić information content (AvgIpc) is 3.07. The van der Waals surface area contributed by atoms with Crippen LogP contribution in [0.1, 0.15) is 19.5 Å². The van der Waals surface area contributed by atoms with Crippen LogP contribution in [0.25, 0.3) is 16.7 Å². The minimum Gasteiger partial charge on any atom is -0.479 e. The quantitative estimate of drug-likeness (QED) is 0.583. The highest BCUT2D eigenvalue weighted by atomic mass is 19.4. The molecule has 0 aliphatic carbocycles. The molecule has 0 aliphatic heterocycles. The topological polar surface area (TPSA) is 92.7 Å². The van der Waals surface area contributed by atoms with Crippen molar-refractivity contribution < 1.29 is 31.9 Å². The number of fused-ring (bicyclic) bond motifs is 1. The number of benzene rings is 1. The summed E-state index contributed by atoms with van der Waals surface area (Å²) in [7, 11) is 0.916. The Morgan fingerprint density at radius 1 is 1.23 bits per heavy atom. The van der Waals surface area contributed by atoms with Crippen molar-refractivity contribution in [1.29, 1.82) is 0 Å². The van der Waals surface area contributed by atoms with Crippen molar-refractivity contribution in [1.82, 2.24) is 9.13 Å². The van der Waals surface area contributed by atoms with Crippen LogP contribution < -0.4 is 16.0 Å². The number of carbonyl (C=O) groups excluding carboxylic acids is 1. The second-order valence-corrected chi connectivity index (χ2v) is 6.33. The Labute approximate surface area is 167 Å². The van der Waals surface area contributed by atoms with E-state index in [0.29, 0.717) is 15.2 Å². The summed E-state index contributed by atoms with van der Waals surface area (Å²) in [5.74, 6) is -0.375. The second-order valence-electron chi connectivity index (χ2n) is 6.33. The molecular weight excluding hydrogens is 409 g/mol. The fraction of sp³-hybridized carbons (Fsp3) is 0.316. The van der Waals surface area contributed by atoms with Crippen LogP contribution in [0.4, 0.5) is 13.2 Å². The predicted octanol–water partition coefficient (Wildman–Crippen LogP) is 2.63. The van der Waals surface area contributed by atoms with Gasteiger partial charge in [0, 0.05) is 18.5 Å². The molecule has 0 spiro atoms. The molecule has 0 bridgehead atoms. The largest absolute Gasteiger partial charge is 0.479 e. The number of rotatable bonds is 5. The van der Waals surface area contributed by atoms with Crippen LogP contribution >= 0.6 is 0 Å². The molecule has 0 fully saturated rings. The van der Waals surface area contributed by atoms with E-state index in [4.69, 9.17) is 13.9 Å². The predicted molar refractivity (Wildman–Crippen MR) is 98.8 cm³/mol. The second kappa shape index (κ2) is 7.73. The van der Waals surface area contributed by atoms with Crippen molar-refractivity contribution >= 4 is 16.9 Å². The van der Waals surface area contributed by atoms with Gasteiger partial charge in [-0.2, -0.15) is 13.2 Å². The molecule has 8 nitrogen and oxygen atoms in total. The summed E-state index contributed by atoms with van der Waals surface area (Å²) < 4.78 is 55.7. The highest BCUT2D eigenvalue weighted by Gasteiger charge is 2.35. The first-order valence-corrected chi connectivity index (χ1v) is 8.79. The zero-order valence-corrected chi connectivity index (χ0v) is 16.1. The van der Waals surface area contributed by atoms with Gasteiger partial charge in [-0.15, -0.1) is 0 Å². The summed E-state index contributed by atoms with van der Waals surface area (Å²) in [6.45, 7) is 3.31. The number of hydrogen-bond donors (Lipinski definition) is 0. The van der Waals surface area contributed by atoms with Gasteiger partial charge in [-0.1, -0.05) is 0 Å². The fourth-order valence-electron chi connectivity index (χ4n) is 2.87. The number of nitrogens with zero attached hydrogens (tertiary/aromatic N) is 2. The molecule has 1 aromatic carbocycles. The van der Waals surface area contributed by atoms with E-state index < -0.39 is 35.2 Å². The van der Waals surface area contributed by atoms with Crippen LogP contribution in [-0.4, -0.2) is 27.8 Å². The SMILES string of the molecule is CCOC(=O)C(C)Oc1ccc2occ(-n3c(=O)cc(C(F)(F)F)n(C)c3=O)c2c1. The smallest absolute Gasteiger partial charge is 0.431 e. The summed E-state index contributed by atoms with van der Waals surface area (Å²) >= 11 is 0. The van der Waals surface area contributed by atoms with E-state index in [1.54, 1.807) is 6.92 Å². The first-order valence-electron chi connectivity index (χ1n) is 8.79. The molecule has 0 saturated carbocycles. The van der Waals surface area contributed by atoms with Gasteiger partial charge in [-0.05, 0) is 32.0 Å². The van der Waals surface area contributed by atoms with Gasteiger partial charge in [0.05, 0.1) is 6.61 Å². The lowest BCUT2D eigenvalue weighted by Crippen LogP contribution is -2.40. The molecule has 2 heterocycles. The number of furan rings is 1. The van der Waals surface area contributed by atoms with Gasteiger partial charge in [-0.25, -0.2) is 14.2 Å². The van der Waals surface area contributed by atoms with Crippen LogP contribution in [0, 0.1) is 0 Å². The van der Waals surface area contributed by atoms with Crippen LogP contribution in [0.15, 0.2) is 44.5 Å². The lowest BCUT2D eigenvalue weighted by molar-refractivity contribution is -0.150. The van der Waals surface area contributed by atoms with Crippen molar-refractivity contribution in [3.05, 3.63) is 57.1 Å². The first kappa shape index (κ1) is 21.2. The molecule has 160 valence electrons. The molecule has 0 amide bonds. The lowest BCUT2D eigenvalue weighted by atomic mass is 10.2. The molecule has 3 rings (SSSR count). The Bertz CT molecular complexity index is 1220. The maximum absolute atomic E-state index is 13.0. The molecule has 0 radical (unpaired) electrons. The number of ether oxygens (including phenoxy) is 2. The van der Waals surface area contributed by atoms with Gasteiger partial charge in [0.15, 0.2) is 6.10 Å². The van der Waals surface area contributed by atoms with Crippen LogP contribution in [0.2, 0.25) is 0 Å². The summed E-state index contributed by atoms with van der Waals surface area (Å²) in [5.41, 5.74) is -3.52. The molecule has 0 N–H and O–H groups in total. The molecule has 0 saturated heterocycles. The molecule has 1 unspecified atom stereocenters. The normalized spacial score (nSPS) is 12.7. The van der Waals surface area contributed by atoms with E-state index in [-0.39, 0.29) is 29.0 Å². The van der Waals surface area contributed by atoms with Crippen molar-refractivity contribution in [3.8, 4) is 11.4 Å². The molecular formula is C19H17F3N2O6. The van der Waals surface area contributed by atoms with E-state index in [1.165, 1.54) is 25.1 Å². The van der Waals surface area contributed by atoms with Gasteiger partial charge in [0.25, 0.3) is 5.56 Å². The highest BCUT2D eigenvalue weighted by Crippen LogP contribution is 2.29. The molecule has 11 heteroatoms. The van der Waals surface area contributed by atoms with E-state index >= 15 is 0 Å². The maximum atomic E-state index is 13.0. The number of alkyl halides is 3. The zero-order chi connectivity index (χ0) is 22.2. The zero-order valence-electron chi connectivity index (χ0n) is 16.1. The lowest BCUT2D eigenvalue weighted by Gasteiger charge is -2.14. The van der Waals surface area contributed by atoms with Crippen molar-refractivity contribution in [2.24, 2.45) is 7.05 Å². The van der Waals surface area contributed by atoms with Crippen molar-refractivity contribution in [3.63, 3.8) is 0 Å². The van der Waals surface area contributed by atoms with Crippen molar-refractivity contribution in [2.45, 2.75) is 26.1 Å². The van der Waals surface area contributed by atoms with E-state index in [9.17, 15) is 27.6 Å². The Morgan fingerprint density at radius 3 is 2.57 bits per heavy atom. The number of esters is 1. The summed E-state index contributed by atoms with van der Waals surface area (Å²) in [4.78, 5) is 36.6. The number of aromatic nitrogens is 2. The van der Waals surface area contributed by atoms with E-state index in [1.807, 2.05) is 0 Å². The van der Waals surface area contributed by atoms with Crippen LogP contribution in [0.3, 0.4) is 0 Å². The Morgan fingerprint density at radius 2 is 1.93 bits per heavy atom. The monoisotopic (exact) mass is 426 g/mol. The number of hydrogen-bond acceptors (Lipinski definition) is 6. The van der Waals surface area contributed by atoms with Gasteiger partial charge >= 0.3 is 17.8 Å². The van der Waals surface area contributed by atoms with Crippen molar-refractivity contribution in [2.75, 3.05) is 6.61 Å². The van der Waals surface area contributed by atoms with Gasteiger partial charge in [-0.3, -0.25) is 9.36 Å². The summed E-state index contributed by atoms with van der Waals surface area (Å²) in [6.07, 6.45) is -4.71. The molecule has 1 atom stereocenters. The molecule has 0 aliphatic rings. The minimum atomic E-state index is -4.87. The first-order chi connectivity index (χ1) is 14.0. The summed E-state index contributed by atoms with van der Waals surface area (Å²) in [6, 6.07) is 4.72. The number of halogens is 3. The van der Waals surface area contributed by atoms with E-state index in [2.05, 4.69) is 0 Å². The van der Waals surface area contributed by atoms with Crippen LogP contribution in [-0.2, 0) is 22.8 Å². The van der Waals surface area contributed by atoms with Crippen LogP contribution in [0.5, 0.6) is 5.75 Å². The Kier molecular flexibility index (Phi) is 5.47. The maximum Gasteiger partial charge on any atom is 0.431 e. The summed E-state index contributed by atoms with van der Waals surface area (Å²) in [5, 5.41) is 0.238. The van der Waals surface area contributed by atoms with E-state index in [0.717, 1.165) is 13.3 Å². The third kappa shape index (κ3) is 3.82. The number of carbonyl (C=O) groups is 1. The third-order valence-electron chi connectivity index (χ3n) is 4.31. The Balaban J connectivity index is 2.10. The molecule has 30 heavy (non-hydrogen) atoms. The van der Waals surface area contributed by atoms with Gasteiger partial charge in [0.1, 0.15) is 29.0 Å². The average molecular weight is 426 g/mol. The van der Waals surface area contributed by atoms with Gasteiger partial charge in [0.2, 0.25) is 0 Å². The standard InChI is InChI=1S/C19H17F3N2O6/c1-4-28-17(26)10(2)30-11-5-6-14-12(7-11)13(9-29-14)24-16(25)8-15(19(20,21)22)23(3)18(24)27/h5-10H,4H2,1-3H3. The Hall–Kier alpha value is -3.50. The third-order valence-corrected chi connectivity index (χ3v) is 4.31. The van der Waals surface area contributed by atoms with Gasteiger partial charge < -0.3 is 13.9 Å². The highest BCUT2D eigenvalue weighted by molar-refractivity contribution is 5.87. The molecule has 2 aromatic heterocycles. The molecule has 3 aromatic rings. The minimum absolute atomic E-state index is 0.0569.